The standard InChI is InChI=1S/C61H117NO5/c1-3-5-7-9-11-13-15-17-19-21-22-23-24-25-26-29-33-37-41-45-49-53-59(64)58(57-63)62-60(65)54-50-46-42-38-34-30-28-32-36-40-44-48-52-56-67-61(66)55-51-47-43-39-35-31-27-20-18-16-14-12-10-8-6-4-2/h30,34,49,53,58-59,63-64H,3-29,31-33,35-48,50-52,54-57H2,1-2H3,(H,62,65)/b34-30-,53-49+. The van der Waals surface area contributed by atoms with Crippen LogP contribution in [-0.4, -0.2) is 47.4 Å². The molecule has 396 valence electrons. The van der Waals surface area contributed by atoms with Gasteiger partial charge in [-0.2, -0.15) is 0 Å². The first-order valence-corrected chi connectivity index (χ1v) is 30.1. The van der Waals surface area contributed by atoms with Crippen LogP contribution in [0.15, 0.2) is 24.3 Å². The molecule has 1 amide bonds. The highest BCUT2D eigenvalue weighted by molar-refractivity contribution is 5.76. The van der Waals surface area contributed by atoms with E-state index in [4.69, 9.17) is 4.74 Å². The van der Waals surface area contributed by atoms with E-state index in [1.807, 2.05) is 6.08 Å². The van der Waals surface area contributed by atoms with E-state index in [0.717, 1.165) is 70.6 Å². The van der Waals surface area contributed by atoms with Gasteiger partial charge in [0, 0.05) is 12.8 Å². The van der Waals surface area contributed by atoms with Crippen molar-refractivity contribution < 1.29 is 24.5 Å². The lowest BCUT2D eigenvalue weighted by atomic mass is 10.0. The molecular formula is C61H117NO5. The Labute approximate surface area is 418 Å². The SMILES string of the molecule is CCCCCCCCCCCCCCCCCCCCC/C=C/C(O)C(CO)NC(=O)CCCCC/C=C\CCCCCCCCOC(=O)CCCCCCCCCCCCCCCCCC. The average molecular weight is 945 g/mol. The molecular weight excluding hydrogens is 827 g/mol. The molecule has 0 heterocycles. The number of carbonyl (C=O) groups is 2. The van der Waals surface area contributed by atoms with Crippen LogP contribution in [0.3, 0.4) is 0 Å². The highest BCUT2D eigenvalue weighted by Gasteiger charge is 2.18. The van der Waals surface area contributed by atoms with Crippen molar-refractivity contribution in [1.29, 1.82) is 0 Å². The summed E-state index contributed by atoms with van der Waals surface area (Å²) in [5.74, 6) is -0.105. The minimum absolute atomic E-state index is 0.01000. The smallest absolute Gasteiger partial charge is 0.305 e. The lowest BCUT2D eigenvalue weighted by Crippen LogP contribution is -2.45. The van der Waals surface area contributed by atoms with E-state index >= 15 is 0 Å². The third-order valence-electron chi connectivity index (χ3n) is 14.0. The summed E-state index contributed by atoms with van der Waals surface area (Å²) < 4.78 is 5.47. The summed E-state index contributed by atoms with van der Waals surface area (Å²) in [5, 5.41) is 23.2. The molecule has 0 bridgehead atoms. The van der Waals surface area contributed by atoms with E-state index in [9.17, 15) is 19.8 Å². The fourth-order valence-electron chi connectivity index (χ4n) is 9.34. The zero-order chi connectivity index (χ0) is 48.6. The Hall–Kier alpha value is -1.66. The van der Waals surface area contributed by atoms with Crippen molar-refractivity contribution in [2.24, 2.45) is 0 Å². The molecule has 0 radical (unpaired) electrons. The number of esters is 1. The molecule has 2 unspecified atom stereocenters. The van der Waals surface area contributed by atoms with Gasteiger partial charge in [0.05, 0.1) is 25.4 Å². The molecule has 0 aliphatic carbocycles. The van der Waals surface area contributed by atoms with Gasteiger partial charge in [-0.05, 0) is 57.8 Å². The molecule has 0 rings (SSSR count). The summed E-state index contributed by atoms with van der Waals surface area (Å²) in [4.78, 5) is 24.5. The molecule has 3 N–H and O–H groups in total. The quantitative estimate of drug-likeness (QED) is 0.0321. The molecule has 0 aliphatic rings. The Morgan fingerprint density at radius 3 is 1.07 bits per heavy atom. The lowest BCUT2D eigenvalue weighted by molar-refractivity contribution is -0.143. The second kappa shape index (κ2) is 56.9. The van der Waals surface area contributed by atoms with Gasteiger partial charge in [0.1, 0.15) is 0 Å². The third-order valence-corrected chi connectivity index (χ3v) is 14.0. The first kappa shape index (κ1) is 65.3. The topological polar surface area (TPSA) is 95.9 Å². The lowest BCUT2D eigenvalue weighted by Gasteiger charge is -2.19. The molecule has 0 saturated heterocycles. The van der Waals surface area contributed by atoms with E-state index in [-0.39, 0.29) is 18.5 Å². The highest BCUT2D eigenvalue weighted by Crippen LogP contribution is 2.17. The van der Waals surface area contributed by atoms with E-state index in [1.54, 1.807) is 6.08 Å². The van der Waals surface area contributed by atoms with Gasteiger partial charge >= 0.3 is 5.97 Å². The van der Waals surface area contributed by atoms with Crippen LogP contribution in [0.25, 0.3) is 0 Å². The van der Waals surface area contributed by atoms with Crippen molar-refractivity contribution in [1.82, 2.24) is 5.32 Å². The van der Waals surface area contributed by atoms with Gasteiger partial charge in [0.25, 0.3) is 0 Å². The van der Waals surface area contributed by atoms with E-state index in [2.05, 4.69) is 31.3 Å². The number of aliphatic hydroxyl groups excluding tert-OH is 2. The van der Waals surface area contributed by atoms with Crippen LogP contribution >= 0.6 is 0 Å². The molecule has 0 aromatic rings. The monoisotopic (exact) mass is 944 g/mol. The number of rotatable bonds is 56. The summed E-state index contributed by atoms with van der Waals surface area (Å²) in [5.41, 5.74) is 0. The van der Waals surface area contributed by atoms with Crippen molar-refractivity contribution in [3.63, 3.8) is 0 Å². The van der Waals surface area contributed by atoms with E-state index in [1.165, 1.54) is 231 Å². The number of unbranched alkanes of at least 4 members (excludes halogenated alkanes) is 43. The summed E-state index contributed by atoms with van der Waals surface area (Å²) in [7, 11) is 0. The minimum atomic E-state index is -0.862. The van der Waals surface area contributed by atoms with Crippen LogP contribution in [0.1, 0.15) is 328 Å². The maximum absolute atomic E-state index is 12.5. The number of hydrogen-bond donors (Lipinski definition) is 3. The molecule has 0 aliphatic heterocycles. The molecule has 0 aromatic carbocycles. The van der Waals surface area contributed by atoms with Crippen LogP contribution in [0.2, 0.25) is 0 Å². The number of ether oxygens (including phenoxy) is 1. The average Bonchev–Trinajstić information content (AvgIpc) is 3.33. The second-order valence-electron chi connectivity index (χ2n) is 20.7. The summed E-state index contributed by atoms with van der Waals surface area (Å²) in [6.45, 7) is 4.89. The summed E-state index contributed by atoms with van der Waals surface area (Å²) in [6, 6.07) is -0.648. The maximum Gasteiger partial charge on any atom is 0.305 e. The van der Waals surface area contributed by atoms with Crippen molar-refractivity contribution in [2.75, 3.05) is 13.2 Å². The number of nitrogens with one attached hydrogen (secondary N) is 1. The molecule has 0 saturated carbocycles. The van der Waals surface area contributed by atoms with Gasteiger partial charge in [0.2, 0.25) is 5.91 Å². The predicted octanol–water partition coefficient (Wildman–Crippen LogP) is 18.6. The van der Waals surface area contributed by atoms with Crippen LogP contribution < -0.4 is 5.32 Å². The Kier molecular flexibility index (Phi) is 55.5. The van der Waals surface area contributed by atoms with Crippen LogP contribution in [0, 0.1) is 0 Å². The van der Waals surface area contributed by atoms with Crippen LogP contribution in [0.4, 0.5) is 0 Å². The maximum atomic E-state index is 12.5. The van der Waals surface area contributed by atoms with Crippen molar-refractivity contribution >= 4 is 11.9 Å². The molecule has 6 heteroatoms. The number of hydrogen-bond acceptors (Lipinski definition) is 5. The fraction of sp³-hybridized carbons (Fsp3) is 0.902. The van der Waals surface area contributed by atoms with Crippen molar-refractivity contribution in [3.8, 4) is 0 Å². The van der Waals surface area contributed by atoms with E-state index in [0.29, 0.717) is 19.4 Å². The number of allylic oxidation sites excluding steroid dienone is 3. The van der Waals surface area contributed by atoms with Crippen LogP contribution in [0.5, 0.6) is 0 Å². The van der Waals surface area contributed by atoms with Crippen molar-refractivity contribution in [3.05, 3.63) is 24.3 Å². The predicted molar refractivity (Wildman–Crippen MR) is 292 cm³/mol. The molecule has 2 atom stereocenters. The fourth-order valence-corrected chi connectivity index (χ4v) is 9.34. The number of carbonyl (C=O) groups excluding carboxylic acids is 2. The highest BCUT2D eigenvalue weighted by atomic mass is 16.5. The molecule has 67 heavy (non-hydrogen) atoms. The van der Waals surface area contributed by atoms with Crippen LogP contribution in [-0.2, 0) is 14.3 Å². The normalized spacial score (nSPS) is 12.7. The molecule has 0 spiro atoms. The Bertz CT molecular complexity index is 1040. The Morgan fingerprint density at radius 1 is 0.403 bits per heavy atom. The Morgan fingerprint density at radius 2 is 0.701 bits per heavy atom. The van der Waals surface area contributed by atoms with Gasteiger partial charge in [-0.3, -0.25) is 9.59 Å². The first-order chi connectivity index (χ1) is 33.0. The number of aliphatic hydroxyl groups is 2. The first-order valence-electron chi connectivity index (χ1n) is 30.1. The van der Waals surface area contributed by atoms with Crippen molar-refractivity contribution in [2.45, 2.75) is 341 Å². The largest absolute Gasteiger partial charge is 0.466 e. The molecule has 6 nitrogen and oxygen atoms in total. The third kappa shape index (κ3) is 53.5. The zero-order valence-electron chi connectivity index (χ0n) is 45.1. The summed E-state index contributed by atoms with van der Waals surface area (Å²) >= 11 is 0. The van der Waals surface area contributed by atoms with Gasteiger partial charge in [-0.1, -0.05) is 282 Å². The Balaban J connectivity index is 3.51. The van der Waals surface area contributed by atoms with Gasteiger partial charge in [-0.25, -0.2) is 0 Å². The van der Waals surface area contributed by atoms with Gasteiger partial charge in [-0.15, -0.1) is 0 Å². The van der Waals surface area contributed by atoms with E-state index < -0.39 is 12.1 Å². The molecule has 0 fully saturated rings. The minimum Gasteiger partial charge on any atom is -0.466 e. The second-order valence-corrected chi connectivity index (χ2v) is 20.7. The van der Waals surface area contributed by atoms with Gasteiger partial charge < -0.3 is 20.3 Å². The number of amides is 1. The summed E-state index contributed by atoms with van der Waals surface area (Å²) in [6.07, 6.45) is 69.2. The van der Waals surface area contributed by atoms with Gasteiger partial charge in [0.15, 0.2) is 0 Å². The zero-order valence-corrected chi connectivity index (χ0v) is 45.1. The molecule has 0 aromatic heterocycles.